The Balaban J connectivity index is 1.38. The number of hydrogen-bond acceptors (Lipinski definition) is 7. The Hall–Kier alpha value is -1.51. The van der Waals surface area contributed by atoms with Gasteiger partial charge in [0.15, 0.2) is 0 Å². The van der Waals surface area contributed by atoms with Crippen LogP contribution in [0.1, 0.15) is 49.4 Å². The first-order chi connectivity index (χ1) is 18.4. The van der Waals surface area contributed by atoms with E-state index in [1.807, 2.05) is 44.6 Å². The van der Waals surface area contributed by atoms with Crippen molar-refractivity contribution in [2.75, 3.05) is 41.0 Å². The lowest BCUT2D eigenvalue weighted by Crippen LogP contribution is -2.76. The second kappa shape index (κ2) is 8.74. The molecule has 5 aliphatic carbocycles. The van der Waals surface area contributed by atoms with E-state index in [0.717, 1.165) is 45.4 Å². The summed E-state index contributed by atoms with van der Waals surface area (Å²) in [6, 6.07) is 9.52. The second-order valence-electron chi connectivity index (χ2n) is 13.2. The Morgan fingerprint density at radius 2 is 1.89 bits per heavy atom. The van der Waals surface area contributed by atoms with Gasteiger partial charge in [0.05, 0.1) is 30.0 Å². The van der Waals surface area contributed by atoms with Crippen LogP contribution in [-0.2, 0) is 18.9 Å². The molecule has 1 aromatic carbocycles. The van der Waals surface area contributed by atoms with Crippen molar-refractivity contribution in [3.8, 4) is 0 Å². The molecule has 1 aliphatic heterocycles. The van der Waals surface area contributed by atoms with Crippen LogP contribution < -0.4 is 0 Å². The average molecular weight is 526 g/mol. The van der Waals surface area contributed by atoms with Crippen LogP contribution in [0.15, 0.2) is 30.3 Å². The molecule has 1 saturated heterocycles. The lowest BCUT2D eigenvalue weighted by atomic mass is 9.43. The highest BCUT2D eigenvalue weighted by Gasteiger charge is 2.84. The van der Waals surface area contributed by atoms with E-state index in [0.29, 0.717) is 17.9 Å². The first-order valence-electron chi connectivity index (χ1n) is 14.7. The number of likely N-dealkylation sites (tertiary alicyclic amines) is 1. The molecule has 12 atom stereocenters. The van der Waals surface area contributed by atoms with E-state index in [1.54, 1.807) is 7.11 Å². The van der Waals surface area contributed by atoms with Gasteiger partial charge in [-0.2, -0.15) is 0 Å². The predicted octanol–water partition coefficient (Wildman–Crippen LogP) is 3.40. The summed E-state index contributed by atoms with van der Waals surface area (Å²) in [4.78, 5) is 16.1. The van der Waals surface area contributed by atoms with Gasteiger partial charge in [0, 0.05) is 68.9 Å². The predicted molar refractivity (Wildman–Crippen MR) is 141 cm³/mol. The highest BCUT2D eigenvalue weighted by molar-refractivity contribution is 5.89. The third kappa shape index (κ3) is 2.95. The van der Waals surface area contributed by atoms with Crippen molar-refractivity contribution in [3.63, 3.8) is 0 Å². The second-order valence-corrected chi connectivity index (χ2v) is 13.2. The van der Waals surface area contributed by atoms with E-state index in [4.69, 9.17) is 18.9 Å². The number of methoxy groups -OCH3 is 3. The molecule has 7 heteroatoms. The summed E-state index contributed by atoms with van der Waals surface area (Å²) in [6.07, 6.45) is 4.25. The Bertz CT molecular complexity index is 1080. The van der Waals surface area contributed by atoms with Crippen molar-refractivity contribution >= 4 is 5.97 Å². The van der Waals surface area contributed by atoms with Gasteiger partial charge in [-0.25, -0.2) is 4.79 Å². The number of carbonyl (C=O) groups is 1. The SMILES string of the molecule is CCN1C[C@]2(COC)CC[C@H](OC)[C@@]34C5C[C@@H]6[C@@H](OC)C[C@@](O)(C5[C@H]6OC(=O)c5ccccc5)[C@@H](CC23)C14. The molecule has 6 fully saturated rings. The summed E-state index contributed by atoms with van der Waals surface area (Å²) < 4.78 is 24.9. The normalized spacial score (nSPS) is 50.2. The lowest BCUT2D eigenvalue weighted by Gasteiger charge is -2.69. The Morgan fingerprint density at radius 3 is 2.58 bits per heavy atom. The topological polar surface area (TPSA) is 77.5 Å². The lowest BCUT2D eigenvalue weighted by molar-refractivity contribution is -0.276. The Labute approximate surface area is 226 Å². The maximum atomic E-state index is 13.4. The third-order valence-corrected chi connectivity index (χ3v) is 12.4. The largest absolute Gasteiger partial charge is 0.458 e. The monoisotopic (exact) mass is 525 g/mol. The fourth-order valence-electron chi connectivity index (χ4n) is 11.5. The quantitative estimate of drug-likeness (QED) is 0.547. The zero-order valence-electron chi connectivity index (χ0n) is 23.2. The number of piperidine rings is 1. The van der Waals surface area contributed by atoms with Crippen molar-refractivity contribution in [1.29, 1.82) is 0 Å². The van der Waals surface area contributed by atoms with Gasteiger partial charge in [-0.05, 0) is 56.2 Å². The molecule has 0 radical (unpaired) electrons. The van der Waals surface area contributed by atoms with Crippen LogP contribution in [0.3, 0.4) is 0 Å². The molecule has 6 aliphatic rings. The van der Waals surface area contributed by atoms with Crippen molar-refractivity contribution in [1.82, 2.24) is 4.90 Å². The Kier molecular flexibility index (Phi) is 5.86. The minimum Gasteiger partial charge on any atom is -0.458 e. The van der Waals surface area contributed by atoms with Gasteiger partial charge >= 0.3 is 5.97 Å². The zero-order valence-corrected chi connectivity index (χ0v) is 23.2. The number of rotatable bonds is 7. The molecule has 1 aromatic rings. The van der Waals surface area contributed by atoms with Gasteiger partial charge < -0.3 is 24.1 Å². The fraction of sp³-hybridized carbons (Fsp3) is 0.774. The standard InChI is InChI=1S/C31H43NO6/c1-5-32-16-29(17-35-2)12-11-24(37-4)31-20-13-19-22(36-3)15-30(34,21(27(31)32)14-23(29)31)25(20)26(19)38-28(33)18-9-7-6-8-10-18/h6-10,19-27,34H,5,11-17H2,1-4H3/t19-,20?,21+,22+,23?,24+,25?,26+,27?,29+,30+,31-/m1/s1. The first-order valence-corrected chi connectivity index (χ1v) is 14.7. The van der Waals surface area contributed by atoms with Crippen molar-refractivity contribution in [2.24, 2.45) is 40.4 Å². The molecule has 5 saturated carbocycles. The van der Waals surface area contributed by atoms with E-state index in [9.17, 15) is 9.90 Å². The minimum atomic E-state index is -0.942. The summed E-state index contributed by atoms with van der Waals surface area (Å²) in [5, 5.41) is 12.9. The summed E-state index contributed by atoms with van der Waals surface area (Å²) in [7, 11) is 5.47. The molecule has 7 nitrogen and oxygen atoms in total. The molecule has 38 heavy (non-hydrogen) atoms. The number of carbonyl (C=O) groups excluding carboxylic acids is 1. The van der Waals surface area contributed by atoms with Crippen LogP contribution in [0.25, 0.3) is 0 Å². The highest BCUT2D eigenvalue weighted by atomic mass is 16.6. The molecule has 1 N–H and O–H groups in total. The van der Waals surface area contributed by atoms with Crippen LogP contribution in [0.5, 0.6) is 0 Å². The molecular formula is C31H43NO6. The van der Waals surface area contributed by atoms with Crippen molar-refractivity contribution in [3.05, 3.63) is 35.9 Å². The van der Waals surface area contributed by atoms with Gasteiger partial charge in [0.2, 0.25) is 0 Å². The molecule has 7 bridgehead atoms. The fourth-order valence-corrected chi connectivity index (χ4v) is 11.5. The maximum Gasteiger partial charge on any atom is 0.338 e. The molecule has 7 rings (SSSR count). The van der Waals surface area contributed by atoms with E-state index < -0.39 is 5.60 Å². The zero-order chi connectivity index (χ0) is 26.4. The number of benzene rings is 1. The summed E-state index contributed by atoms with van der Waals surface area (Å²) in [5.41, 5.74) is -0.405. The van der Waals surface area contributed by atoms with Gasteiger partial charge in [-0.1, -0.05) is 25.1 Å². The summed E-state index contributed by atoms with van der Waals surface area (Å²) in [5.74, 6) is 0.395. The summed E-state index contributed by atoms with van der Waals surface area (Å²) in [6.45, 7) is 4.99. The van der Waals surface area contributed by atoms with E-state index >= 15 is 0 Å². The molecule has 0 amide bonds. The van der Waals surface area contributed by atoms with Crippen molar-refractivity contribution in [2.45, 2.75) is 69.0 Å². The number of aliphatic hydroxyl groups is 1. The van der Waals surface area contributed by atoms with Gasteiger partial charge in [0.1, 0.15) is 6.10 Å². The number of esters is 1. The third-order valence-electron chi connectivity index (χ3n) is 12.4. The molecule has 1 heterocycles. The number of hydrogen-bond donors (Lipinski definition) is 1. The van der Waals surface area contributed by atoms with E-state index in [-0.39, 0.29) is 64.8 Å². The smallest absolute Gasteiger partial charge is 0.338 e. The van der Waals surface area contributed by atoms with Gasteiger partial charge in [-0.15, -0.1) is 0 Å². The van der Waals surface area contributed by atoms with Gasteiger partial charge in [-0.3, -0.25) is 4.90 Å². The molecule has 4 unspecified atom stereocenters. The summed E-state index contributed by atoms with van der Waals surface area (Å²) >= 11 is 0. The number of ether oxygens (including phenoxy) is 4. The van der Waals surface area contributed by atoms with E-state index in [1.165, 1.54) is 0 Å². The number of fused-ring (bicyclic) bond motifs is 2. The van der Waals surface area contributed by atoms with Crippen LogP contribution in [0, 0.1) is 40.4 Å². The van der Waals surface area contributed by atoms with Crippen molar-refractivity contribution < 1.29 is 28.8 Å². The van der Waals surface area contributed by atoms with Crippen LogP contribution >= 0.6 is 0 Å². The minimum absolute atomic E-state index is 0.0645. The molecular weight excluding hydrogens is 482 g/mol. The average Bonchev–Trinajstić information content (AvgIpc) is 3.38. The molecule has 208 valence electrons. The maximum absolute atomic E-state index is 13.4. The van der Waals surface area contributed by atoms with E-state index in [2.05, 4.69) is 11.8 Å². The van der Waals surface area contributed by atoms with Gasteiger partial charge in [0.25, 0.3) is 0 Å². The van der Waals surface area contributed by atoms with Crippen LogP contribution in [0.4, 0.5) is 0 Å². The van der Waals surface area contributed by atoms with Crippen LogP contribution in [-0.4, -0.2) is 87.0 Å². The van der Waals surface area contributed by atoms with Crippen LogP contribution in [0.2, 0.25) is 0 Å². The highest BCUT2D eigenvalue weighted by Crippen LogP contribution is 2.79. The first kappa shape index (κ1) is 25.5. The molecule has 0 aromatic heterocycles. The molecule has 1 spiro atoms. The number of nitrogens with zero attached hydrogens (tertiary/aromatic N) is 1. The Morgan fingerprint density at radius 1 is 1.11 bits per heavy atom.